The molecule has 8 aromatic carbocycles. The van der Waals surface area contributed by atoms with E-state index in [0.29, 0.717) is 5.92 Å². The molecule has 1 unspecified atom stereocenters. The summed E-state index contributed by atoms with van der Waals surface area (Å²) in [4.78, 5) is 0. The van der Waals surface area contributed by atoms with Crippen molar-refractivity contribution in [2.45, 2.75) is 13.3 Å². The maximum absolute atomic E-state index is 6.46. The number of benzene rings is 8. The van der Waals surface area contributed by atoms with Crippen LogP contribution < -0.4 is 0 Å². The number of hydrogen-bond donors (Lipinski definition) is 0. The first-order valence-electron chi connectivity index (χ1n) is 18.5. The fraction of sp³-hybridized carbons (Fsp3) is 0.0588. The number of para-hydroxylation sites is 2. The second kappa shape index (κ2) is 11.7. The minimum absolute atomic E-state index is 0.505. The monoisotopic (exact) mass is 678 g/mol. The van der Waals surface area contributed by atoms with E-state index in [0.717, 1.165) is 50.8 Å². The zero-order chi connectivity index (χ0) is 35.0. The Bertz CT molecular complexity index is 3040. The molecule has 1 aliphatic carbocycles. The molecule has 0 fully saturated rings. The molecular formula is C51H34O2. The van der Waals surface area contributed by atoms with E-state index in [1.54, 1.807) is 0 Å². The van der Waals surface area contributed by atoms with E-state index in [-0.39, 0.29) is 0 Å². The van der Waals surface area contributed by atoms with E-state index in [4.69, 9.17) is 8.83 Å². The second-order valence-electron chi connectivity index (χ2n) is 14.5. The number of furan rings is 2. The third-order valence-corrected chi connectivity index (χ3v) is 11.2. The van der Waals surface area contributed by atoms with Crippen molar-refractivity contribution in [3.8, 4) is 44.5 Å². The number of fused-ring (bicyclic) bond motifs is 8. The minimum atomic E-state index is 0.505. The van der Waals surface area contributed by atoms with Crippen LogP contribution in [0.4, 0.5) is 0 Å². The van der Waals surface area contributed by atoms with Crippen LogP contribution in [0.5, 0.6) is 0 Å². The Morgan fingerprint density at radius 3 is 1.77 bits per heavy atom. The van der Waals surface area contributed by atoms with Gasteiger partial charge in [-0.2, -0.15) is 0 Å². The maximum atomic E-state index is 6.46. The molecule has 0 saturated carbocycles. The predicted molar refractivity (Wildman–Crippen MR) is 222 cm³/mol. The molecule has 10 aromatic rings. The van der Waals surface area contributed by atoms with Crippen LogP contribution in [0.1, 0.15) is 18.2 Å². The summed E-state index contributed by atoms with van der Waals surface area (Å²) < 4.78 is 12.7. The first-order valence-corrected chi connectivity index (χ1v) is 18.5. The Kier molecular flexibility index (Phi) is 6.63. The number of rotatable bonds is 4. The average Bonchev–Trinajstić information content (AvgIpc) is 3.77. The molecule has 0 spiro atoms. The highest BCUT2D eigenvalue weighted by molar-refractivity contribution is 6.21. The summed E-state index contributed by atoms with van der Waals surface area (Å²) in [7, 11) is 0. The Balaban J connectivity index is 1.05. The van der Waals surface area contributed by atoms with Gasteiger partial charge in [0.2, 0.25) is 0 Å². The van der Waals surface area contributed by atoms with Gasteiger partial charge >= 0.3 is 0 Å². The lowest BCUT2D eigenvalue weighted by molar-refractivity contribution is 0.513. The van der Waals surface area contributed by atoms with Crippen molar-refractivity contribution < 1.29 is 8.83 Å². The quantitative estimate of drug-likeness (QED) is 0.173. The number of allylic oxidation sites excluding steroid dienone is 1. The van der Waals surface area contributed by atoms with Gasteiger partial charge in [0.15, 0.2) is 0 Å². The van der Waals surface area contributed by atoms with E-state index in [2.05, 4.69) is 165 Å². The Labute approximate surface area is 307 Å². The predicted octanol–water partition coefficient (Wildman–Crippen LogP) is 14.5. The fourth-order valence-electron chi connectivity index (χ4n) is 8.70. The zero-order valence-corrected chi connectivity index (χ0v) is 29.3. The molecule has 0 saturated heterocycles. The lowest BCUT2D eigenvalue weighted by atomic mass is 9.85. The van der Waals surface area contributed by atoms with Crippen molar-refractivity contribution >= 4 is 60.5 Å². The van der Waals surface area contributed by atoms with Gasteiger partial charge in [0, 0.05) is 33.7 Å². The summed E-state index contributed by atoms with van der Waals surface area (Å²) in [5.41, 5.74) is 13.6. The molecule has 2 heterocycles. The molecule has 53 heavy (non-hydrogen) atoms. The summed E-state index contributed by atoms with van der Waals surface area (Å²) in [6.45, 7) is 2.24. The van der Waals surface area contributed by atoms with Crippen molar-refractivity contribution in [2.24, 2.45) is 5.92 Å². The third kappa shape index (κ3) is 4.72. The molecule has 0 N–H and O–H groups in total. The summed E-state index contributed by atoms with van der Waals surface area (Å²) >= 11 is 0. The zero-order valence-electron chi connectivity index (χ0n) is 29.3. The average molecular weight is 679 g/mol. The van der Waals surface area contributed by atoms with Crippen molar-refractivity contribution in [1.29, 1.82) is 0 Å². The topological polar surface area (TPSA) is 26.3 Å². The van der Waals surface area contributed by atoms with E-state index in [1.807, 2.05) is 12.1 Å². The Morgan fingerprint density at radius 1 is 0.434 bits per heavy atom. The standard InChI is InChI=1S/C51H34O2/c1-31-20-26-39-45-30-34(25-27-47(45)52-48(39)28-31)32-21-23-33(24-22-32)49-40-13-2-4-15-42(40)50(43-16-5-3-14-41(43)49)36-11-8-10-35(29-36)37-17-9-18-44-38-12-6-7-19-46(38)53-51(37)44/h2-27,29-31H,28H2,1H3. The van der Waals surface area contributed by atoms with Crippen LogP contribution in [0.3, 0.4) is 0 Å². The van der Waals surface area contributed by atoms with Crippen LogP contribution in [-0.4, -0.2) is 0 Å². The van der Waals surface area contributed by atoms with E-state index in [9.17, 15) is 0 Å². The summed E-state index contributed by atoms with van der Waals surface area (Å²) in [6.07, 6.45) is 5.48. The van der Waals surface area contributed by atoms with Crippen molar-refractivity contribution in [3.05, 3.63) is 175 Å². The highest BCUT2D eigenvalue weighted by atomic mass is 16.3. The normalized spacial score (nSPS) is 14.2. The minimum Gasteiger partial charge on any atom is -0.460 e. The molecule has 2 heteroatoms. The first-order chi connectivity index (χ1) is 26.2. The van der Waals surface area contributed by atoms with Gasteiger partial charge in [-0.3, -0.25) is 0 Å². The summed E-state index contributed by atoms with van der Waals surface area (Å²) in [5.74, 6) is 1.60. The van der Waals surface area contributed by atoms with Gasteiger partial charge in [0.25, 0.3) is 0 Å². The van der Waals surface area contributed by atoms with Gasteiger partial charge in [-0.15, -0.1) is 0 Å². The third-order valence-electron chi connectivity index (χ3n) is 11.2. The van der Waals surface area contributed by atoms with Crippen molar-refractivity contribution in [2.75, 3.05) is 0 Å². The fourth-order valence-corrected chi connectivity index (χ4v) is 8.70. The van der Waals surface area contributed by atoms with Crippen molar-refractivity contribution in [1.82, 2.24) is 0 Å². The lowest BCUT2D eigenvalue weighted by Crippen LogP contribution is -2.00. The lowest BCUT2D eigenvalue weighted by Gasteiger charge is -2.18. The maximum Gasteiger partial charge on any atom is 0.143 e. The van der Waals surface area contributed by atoms with Crippen LogP contribution in [0.15, 0.2) is 173 Å². The van der Waals surface area contributed by atoms with Gasteiger partial charge in [-0.25, -0.2) is 0 Å². The molecule has 11 rings (SSSR count). The van der Waals surface area contributed by atoms with E-state index >= 15 is 0 Å². The molecule has 1 aliphatic rings. The molecule has 0 aliphatic heterocycles. The van der Waals surface area contributed by atoms with Gasteiger partial charge in [0.05, 0.1) is 0 Å². The SMILES string of the molecule is CC1C=Cc2c(oc3ccc(-c4ccc(-c5c6ccccc6c(-c6cccc(-c7cccc8c7oc7ccccc78)c6)c6ccccc56)cc4)cc23)C1. The molecule has 0 bridgehead atoms. The highest BCUT2D eigenvalue weighted by Gasteiger charge is 2.20. The smallest absolute Gasteiger partial charge is 0.143 e. The van der Waals surface area contributed by atoms with Crippen LogP contribution in [0.2, 0.25) is 0 Å². The van der Waals surface area contributed by atoms with Gasteiger partial charge in [-0.05, 0) is 90.7 Å². The molecule has 250 valence electrons. The largest absolute Gasteiger partial charge is 0.460 e. The van der Waals surface area contributed by atoms with E-state index in [1.165, 1.54) is 65.9 Å². The molecule has 0 radical (unpaired) electrons. The van der Waals surface area contributed by atoms with Gasteiger partial charge in [0.1, 0.15) is 22.5 Å². The van der Waals surface area contributed by atoms with Crippen LogP contribution in [-0.2, 0) is 6.42 Å². The Morgan fingerprint density at radius 2 is 1.02 bits per heavy atom. The van der Waals surface area contributed by atoms with Crippen molar-refractivity contribution in [3.63, 3.8) is 0 Å². The first kappa shape index (κ1) is 30.0. The molecule has 0 amide bonds. The highest BCUT2D eigenvalue weighted by Crippen LogP contribution is 2.45. The molecule has 1 atom stereocenters. The summed E-state index contributed by atoms with van der Waals surface area (Å²) in [6, 6.07) is 57.1. The van der Waals surface area contributed by atoms with Gasteiger partial charge in [-0.1, -0.05) is 153 Å². The Hall–Kier alpha value is -6.64. The van der Waals surface area contributed by atoms with Crippen LogP contribution >= 0.6 is 0 Å². The number of hydrogen-bond acceptors (Lipinski definition) is 2. The van der Waals surface area contributed by atoms with Crippen LogP contribution in [0, 0.1) is 5.92 Å². The van der Waals surface area contributed by atoms with Crippen LogP contribution in [0.25, 0.3) is 105 Å². The molecule has 2 aromatic heterocycles. The van der Waals surface area contributed by atoms with Gasteiger partial charge < -0.3 is 8.83 Å². The molecular weight excluding hydrogens is 645 g/mol. The summed E-state index contributed by atoms with van der Waals surface area (Å²) in [5, 5.41) is 8.44. The second-order valence-corrected chi connectivity index (χ2v) is 14.5. The molecule has 2 nitrogen and oxygen atoms in total. The van der Waals surface area contributed by atoms with E-state index < -0.39 is 0 Å².